The Bertz CT molecular complexity index is 1080. The van der Waals surface area contributed by atoms with Gasteiger partial charge in [0.1, 0.15) is 12.0 Å². The van der Waals surface area contributed by atoms with Crippen LogP contribution in [0.25, 0.3) is 21.6 Å². The monoisotopic (exact) mass is 434 g/mol. The van der Waals surface area contributed by atoms with Crippen molar-refractivity contribution < 1.29 is 14.0 Å². The summed E-state index contributed by atoms with van der Waals surface area (Å²) in [5, 5.41) is 6.23. The molecule has 142 valence electrons. The average molecular weight is 435 g/mol. The van der Waals surface area contributed by atoms with Crippen LogP contribution in [0.1, 0.15) is 9.67 Å². The summed E-state index contributed by atoms with van der Waals surface area (Å²) in [6.45, 7) is 0.0926. The molecule has 1 atom stereocenters. The molecule has 2 N–H and O–H groups in total. The Kier molecular flexibility index (Phi) is 5.21. The molecule has 2 aromatic carbocycles. The molecule has 0 saturated carbocycles. The molecular formula is C20H13Cl2FN2O2S. The highest BCUT2D eigenvalue weighted by molar-refractivity contribution is 7.18. The van der Waals surface area contributed by atoms with E-state index in [4.69, 9.17) is 23.2 Å². The summed E-state index contributed by atoms with van der Waals surface area (Å²) in [7, 11) is 0. The number of halogens is 3. The molecule has 1 aliphatic rings. The third-order valence-corrected chi connectivity index (χ3v) is 5.92. The Morgan fingerprint density at radius 3 is 2.54 bits per heavy atom. The van der Waals surface area contributed by atoms with Crippen molar-refractivity contribution in [2.24, 2.45) is 0 Å². The molecule has 8 heteroatoms. The number of nitrogens with one attached hydrogen (secondary N) is 2. The number of carbonyl (C=O) groups is 2. The minimum atomic E-state index is -0.776. The molecule has 0 radical (unpaired) electrons. The molecule has 1 fully saturated rings. The van der Waals surface area contributed by atoms with Crippen LogP contribution in [0, 0.1) is 5.82 Å². The average Bonchev–Trinajstić information content (AvgIpc) is 3.27. The molecule has 28 heavy (non-hydrogen) atoms. The van der Waals surface area contributed by atoms with Gasteiger partial charge in [0.05, 0.1) is 11.4 Å². The molecule has 0 aliphatic carbocycles. The van der Waals surface area contributed by atoms with Crippen LogP contribution in [0.4, 0.5) is 4.39 Å². The first kappa shape index (κ1) is 19.1. The van der Waals surface area contributed by atoms with Crippen molar-refractivity contribution in [1.29, 1.82) is 0 Å². The molecule has 4 rings (SSSR count). The molecule has 1 aromatic heterocycles. The topological polar surface area (TPSA) is 58.2 Å². The third-order valence-electron chi connectivity index (χ3n) is 4.27. The highest BCUT2D eigenvalue weighted by Gasteiger charge is 2.29. The largest absolute Gasteiger partial charge is 0.333 e. The molecule has 0 bridgehead atoms. The number of carbonyl (C=O) groups excluding carboxylic acids is 2. The maximum absolute atomic E-state index is 13.9. The Labute approximate surface area is 174 Å². The molecule has 1 saturated heterocycles. The van der Waals surface area contributed by atoms with Crippen molar-refractivity contribution in [1.82, 2.24) is 10.6 Å². The predicted molar refractivity (Wildman–Crippen MR) is 109 cm³/mol. The lowest BCUT2D eigenvalue weighted by molar-refractivity contribution is -0.118. The second-order valence-corrected chi connectivity index (χ2v) is 8.19. The van der Waals surface area contributed by atoms with Crippen molar-refractivity contribution in [2.75, 3.05) is 6.54 Å². The van der Waals surface area contributed by atoms with Crippen LogP contribution in [0.3, 0.4) is 0 Å². The van der Waals surface area contributed by atoms with E-state index in [2.05, 4.69) is 10.6 Å². The van der Waals surface area contributed by atoms with Crippen LogP contribution in [-0.4, -0.2) is 24.4 Å². The van der Waals surface area contributed by atoms with Crippen LogP contribution in [0.15, 0.2) is 48.5 Å². The summed E-state index contributed by atoms with van der Waals surface area (Å²) in [4.78, 5) is 25.4. The second-order valence-electron chi connectivity index (χ2n) is 6.27. The number of rotatable bonds is 4. The number of thiophene rings is 1. The number of amides is 1. The number of ketones is 1. The zero-order valence-corrected chi connectivity index (χ0v) is 16.6. The number of Topliss-reactive ketones (excluding diaryl/α,β-unsaturated/α-hetero) is 1. The predicted octanol–water partition coefficient (Wildman–Crippen LogP) is 4.76. The van der Waals surface area contributed by atoms with E-state index in [1.54, 1.807) is 30.3 Å². The molecular weight excluding hydrogens is 422 g/mol. The van der Waals surface area contributed by atoms with Crippen LogP contribution in [0.2, 0.25) is 10.0 Å². The summed E-state index contributed by atoms with van der Waals surface area (Å²) in [5.41, 5.74) is 2.09. The van der Waals surface area contributed by atoms with Gasteiger partial charge >= 0.3 is 0 Å². The Balaban J connectivity index is 1.84. The van der Waals surface area contributed by atoms with Crippen LogP contribution < -0.4 is 10.6 Å². The van der Waals surface area contributed by atoms with Gasteiger partial charge in [0.2, 0.25) is 11.7 Å². The first-order chi connectivity index (χ1) is 13.4. The lowest BCUT2D eigenvalue weighted by Crippen LogP contribution is -2.39. The van der Waals surface area contributed by atoms with Gasteiger partial charge in [-0.1, -0.05) is 35.3 Å². The van der Waals surface area contributed by atoms with E-state index in [9.17, 15) is 14.0 Å². The summed E-state index contributed by atoms with van der Waals surface area (Å²) >= 11 is 13.4. The molecule has 1 amide bonds. The maximum atomic E-state index is 13.9. The fourth-order valence-electron chi connectivity index (χ4n) is 3.04. The number of hydrogen-bond donors (Lipinski definition) is 2. The van der Waals surface area contributed by atoms with Gasteiger partial charge in [-0.3, -0.25) is 14.9 Å². The normalized spacial score (nSPS) is 16.2. The van der Waals surface area contributed by atoms with Gasteiger partial charge in [0.15, 0.2) is 0 Å². The van der Waals surface area contributed by atoms with Crippen molar-refractivity contribution in [3.8, 4) is 21.6 Å². The van der Waals surface area contributed by atoms with Crippen molar-refractivity contribution in [3.05, 3.63) is 69.3 Å². The van der Waals surface area contributed by atoms with Gasteiger partial charge in [0.25, 0.3) is 0 Å². The second kappa shape index (κ2) is 7.64. The third kappa shape index (κ3) is 3.82. The molecule has 4 nitrogen and oxygen atoms in total. The van der Waals surface area contributed by atoms with Crippen molar-refractivity contribution >= 4 is 46.2 Å². The highest BCUT2D eigenvalue weighted by Crippen LogP contribution is 2.41. The van der Waals surface area contributed by atoms with Crippen molar-refractivity contribution in [3.63, 3.8) is 0 Å². The summed E-state index contributed by atoms with van der Waals surface area (Å²) in [5.74, 6) is -0.958. The summed E-state index contributed by atoms with van der Waals surface area (Å²) in [6.07, 6.45) is -0.776. The summed E-state index contributed by atoms with van der Waals surface area (Å²) < 4.78 is 13.9. The molecule has 3 aromatic rings. The number of hydrogen-bond acceptors (Lipinski definition) is 4. The minimum absolute atomic E-state index is 0.0926. The Hall–Kier alpha value is -2.25. The zero-order valence-electron chi connectivity index (χ0n) is 14.3. The van der Waals surface area contributed by atoms with E-state index in [1.165, 1.54) is 23.5 Å². The Morgan fingerprint density at radius 2 is 1.86 bits per heavy atom. The van der Waals surface area contributed by atoms with E-state index < -0.39 is 12.0 Å². The molecule has 1 aliphatic heterocycles. The standard InChI is InChI=1S/C20H13Cl2FN2O2S/c21-12-3-1-2-10(4-12)15-8-16(18(27)20-24-9-17(26)25-20)28-19(15)11-5-13(22)7-14(23)6-11/h1-8,20,24H,9H2,(H,25,26). The van der Waals surface area contributed by atoms with E-state index in [0.29, 0.717) is 20.3 Å². The van der Waals surface area contributed by atoms with Gasteiger partial charge in [0, 0.05) is 20.5 Å². The number of benzene rings is 2. The van der Waals surface area contributed by atoms with Gasteiger partial charge in [-0.05, 0) is 47.5 Å². The fraction of sp³-hybridized carbons (Fsp3) is 0.100. The molecule has 0 spiro atoms. The van der Waals surface area contributed by atoms with E-state index >= 15 is 0 Å². The SMILES string of the molecule is O=C1CNC(C(=O)c2cc(-c3cccc(Cl)c3)c(-c3cc(F)cc(Cl)c3)s2)N1. The first-order valence-corrected chi connectivity index (χ1v) is 9.91. The summed E-state index contributed by atoms with van der Waals surface area (Å²) in [6, 6.07) is 13.2. The fourth-order valence-corrected chi connectivity index (χ4v) is 4.59. The first-order valence-electron chi connectivity index (χ1n) is 8.34. The smallest absolute Gasteiger partial charge is 0.235 e. The highest BCUT2D eigenvalue weighted by atomic mass is 35.5. The van der Waals surface area contributed by atoms with Gasteiger partial charge in [-0.25, -0.2) is 4.39 Å². The van der Waals surface area contributed by atoms with Gasteiger partial charge < -0.3 is 5.32 Å². The van der Waals surface area contributed by atoms with Gasteiger partial charge in [-0.2, -0.15) is 0 Å². The Morgan fingerprint density at radius 1 is 1.07 bits per heavy atom. The van der Waals surface area contributed by atoms with Gasteiger partial charge in [-0.15, -0.1) is 11.3 Å². The van der Waals surface area contributed by atoms with Crippen molar-refractivity contribution in [2.45, 2.75) is 6.17 Å². The lowest BCUT2D eigenvalue weighted by Gasteiger charge is -2.06. The molecule has 2 heterocycles. The lowest BCUT2D eigenvalue weighted by atomic mass is 10.0. The van der Waals surface area contributed by atoms with E-state index in [1.807, 2.05) is 6.07 Å². The molecule has 1 unspecified atom stereocenters. The minimum Gasteiger partial charge on any atom is -0.333 e. The van der Waals surface area contributed by atoms with Crippen LogP contribution >= 0.6 is 34.5 Å². The zero-order chi connectivity index (χ0) is 19.8. The van der Waals surface area contributed by atoms with Crippen LogP contribution in [0.5, 0.6) is 0 Å². The quantitative estimate of drug-likeness (QED) is 0.582. The van der Waals surface area contributed by atoms with E-state index in [0.717, 1.165) is 11.1 Å². The maximum Gasteiger partial charge on any atom is 0.235 e. The van der Waals surface area contributed by atoms with E-state index in [-0.39, 0.29) is 23.3 Å². The van der Waals surface area contributed by atoms with Crippen LogP contribution in [-0.2, 0) is 4.79 Å².